The molecule has 7 heteroatoms. The first-order valence-corrected chi connectivity index (χ1v) is 10.2. The molecular formula is C20H27FN4OS. The van der Waals surface area contributed by atoms with Gasteiger partial charge in [0.25, 0.3) is 5.91 Å². The summed E-state index contributed by atoms with van der Waals surface area (Å²) in [6, 6.07) is 5.45. The van der Waals surface area contributed by atoms with Crippen LogP contribution in [-0.2, 0) is 0 Å². The first-order valence-electron chi connectivity index (χ1n) is 9.33. The lowest BCUT2D eigenvalue weighted by Crippen LogP contribution is -2.42. The molecule has 0 unspecified atom stereocenters. The summed E-state index contributed by atoms with van der Waals surface area (Å²) < 4.78 is 14.6. The summed E-state index contributed by atoms with van der Waals surface area (Å²) in [6.07, 6.45) is 2.04. The quantitative estimate of drug-likeness (QED) is 0.832. The number of thiazole rings is 1. The van der Waals surface area contributed by atoms with E-state index in [9.17, 15) is 9.18 Å². The molecule has 5 nitrogen and oxygen atoms in total. The zero-order valence-corrected chi connectivity index (χ0v) is 17.1. The van der Waals surface area contributed by atoms with Crippen LogP contribution < -0.4 is 10.2 Å². The molecule has 2 aromatic rings. The zero-order chi connectivity index (χ0) is 19.6. The third-order valence-corrected chi connectivity index (χ3v) is 6.13. The number of benzene rings is 1. The minimum Gasteiger partial charge on any atom is -0.369 e. The number of carbonyl (C=O) groups is 1. The predicted octanol–water partition coefficient (Wildman–Crippen LogP) is 4.19. The Morgan fingerprint density at radius 2 is 2.04 bits per heavy atom. The Labute approximate surface area is 164 Å². The van der Waals surface area contributed by atoms with Crippen LogP contribution in [0.1, 0.15) is 48.1 Å². The van der Waals surface area contributed by atoms with Crippen molar-refractivity contribution in [1.82, 2.24) is 9.88 Å². The van der Waals surface area contributed by atoms with E-state index in [1.165, 1.54) is 17.4 Å². The summed E-state index contributed by atoms with van der Waals surface area (Å²) in [7, 11) is 4.18. The summed E-state index contributed by atoms with van der Waals surface area (Å²) in [5, 5.41) is 5.40. The molecule has 3 rings (SSSR count). The van der Waals surface area contributed by atoms with Gasteiger partial charge in [-0.3, -0.25) is 4.79 Å². The second kappa shape index (κ2) is 8.35. The maximum Gasteiger partial charge on any atom is 0.275 e. The van der Waals surface area contributed by atoms with Crippen LogP contribution in [-0.4, -0.2) is 49.0 Å². The maximum absolute atomic E-state index is 14.6. The van der Waals surface area contributed by atoms with Crippen LogP contribution in [0.5, 0.6) is 0 Å². The van der Waals surface area contributed by atoms with E-state index in [2.05, 4.69) is 34.2 Å². The Bertz CT molecular complexity index is 797. The molecule has 1 fully saturated rings. The van der Waals surface area contributed by atoms with Crippen molar-refractivity contribution >= 4 is 28.6 Å². The van der Waals surface area contributed by atoms with E-state index in [1.54, 1.807) is 17.5 Å². The molecule has 1 aliphatic heterocycles. The molecule has 2 heterocycles. The lowest BCUT2D eigenvalue weighted by Gasteiger charge is -2.36. The highest BCUT2D eigenvalue weighted by Gasteiger charge is 2.22. The maximum atomic E-state index is 14.6. The van der Waals surface area contributed by atoms with Gasteiger partial charge in [0, 0.05) is 36.1 Å². The molecule has 0 radical (unpaired) electrons. The molecule has 1 saturated heterocycles. The van der Waals surface area contributed by atoms with E-state index >= 15 is 0 Å². The van der Waals surface area contributed by atoms with Crippen LogP contribution in [0.3, 0.4) is 0 Å². The second-order valence-electron chi connectivity index (χ2n) is 7.53. The largest absolute Gasteiger partial charge is 0.369 e. The van der Waals surface area contributed by atoms with Crippen molar-refractivity contribution in [2.45, 2.75) is 38.6 Å². The molecule has 1 aliphatic rings. The van der Waals surface area contributed by atoms with Crippen molar-refractivity contribution in [3.63, 3.8) is 0 Å². The van der Waals surface area contributed by atoms with Crippen LogP contribution in [0, 0.1) is 5.82 Å². The van der Waals surface area contributed by atoms with Crippen molar-refractivity contribution in [1.29, 1.82) is 0 Å². The van der Waals surface area contributed by atoms with Crippen LogP contribution >= 0.6 is 11.3 Å². The van der Waals surface area contributed by atoms with Gasteiger partial charge in [-0.05, 0) is 45.1 Å². The average molecular weight is 391 g/mol. The molecule has 1 N–H and O–H groups in total. The lowest BCUT2D eigenvalue weighted by atomic mass is 10.0. The van der Waals surface area contributed by atoms with Gasteiger partial charge in [0.1, 0.15) is 11.5 Å². The molecule has 1 amide bonds. The first kappa shape index (κ1) is 19.8. The van der Waals surface area contributed by atoms with Crippen molar-refractivity contribution in [2.24, 2.45) is 0 Å². The van der Waals surface area contributed by atoms with Crippen molar-refractivity contribution in [2.75, 3.05) is 37.4 Å². The smallest absolute Gasteiger partial charge is 0.275 e. The summed E-state index contributed by atoms with van der Waals surface area (Å²) in [4.78, 5) is 21.0. The van der Waals surface area contributed by atoms with Crippen molar-refractivity contribution in [3.05, 3.63) is 40.1 Å². The number of nitrogens with zero attached hydrogens (tertiary/aromatic N) is 3. The highest BCUT2D eigenvalue weighted by Crippen LogP contribution is 2.27. The Morgan fingerprint density at radius 1 is 1.33 bits per heavy atom. The van der Waals surface area contributed by atoms with Crippen LogP contribution in [0.2, 0.25) is 0 Å². The highest BCUT2D eigenvalue weighted by molar-refractivity contribution is 7.09. The van der Waals surface area contributed by atoms with Gasteiger partial charge in [0.15, 0.2) is 0 Å². The molecule has 0 saturated carbocycles. The van der Waals surface area contributed by atoms with Gasteiger partial charge in [-0.25, -0.2) is 9.37 Å². The summed E-state index contributed by atoms with van der Waals surface area (Å²) in [6.45, 7) is 5.75. The molecule has 0 spiro atoms. The molecule has 0 bridgehead atoms. The minimum atomic E-state index is -0.308. The van der Waals surface area contributed by atoms with Crippen molar-refractivity contribution < 1.29 is 9.18 Å². The molecule has 1 aromatic carbocycles. The number of piperidine rings is 1. The Hall–Kier alpha value is -1.99. The summed E-state index contributed by atoms with van der Waals surface area (Å²) in [5.74, 6) is -0.334. The second-order valence-corrected chi connectivity index (χ2v) is 8.42. The zero-order valence-electron chi connectivity index (χ0n) is 16.3. The Morgan fingerprint density at radius 3 is 2.59 bits per heavy atom. The fourth-order valence-corrected chi connectivity index (χ4v) is 4.13. The predicted molar refractivity (Wildman–Crippen MR) is 109 cm³/mol. The number of hydrogen-bond donors (Lipinski definition) is 1. The standard InChI is InChI=1S/C20H27FN4OS/c1-13(2)20-23-17(12-27-20)19(26)22-14-5-6-18(16(21)11-14)25-9-7-15(8-10-25)24(3)4/h5-6,11-13,15H,7-10H2,1-4H3,(H,22,26). The molecule has 146 valence electrons. The third kappa shape index (κ3) is 4.65. The fraction of sp³-hybridized carbons (Fsp3) is 0.500. The minimum absolute atomic E-state index is 0.282. The first-order chi connectivity index (χ1) is 12.8. The van der Waals surface area contributed by atoms with Gasteiger partial charge < -0.3 is 15.1 Å². The third-order valence-electron chi connectivity index (χ3n) is 4.99. The van der Waals surface area contributed by atoms with E-state index < -0.39 is 0 Å². The summed E-state index contributed by atoms with van der Waals surface area (Å²) in [5.41, 5.74) is 1.42. The van der Waals surface area contributed by atoms with Gasteiger partial charge in [-0.15, -0.1) is 11.3 Å². The topological polar surface area (TPSA) is 48.5 Å². The van der Waals surface area contributed by atoms with Gasteiger partial charge in [-0.2, -0.15) is 0 Å². The van der Waals surface area contributed by atoms with Crippen LogP contribution in [0.15, 0.2) is 23.6 Å². The van der Waals surface area contributed by atoms with E-state index in [4.69, 9.17) is 0 Å². The SMILES string of the molecule is CC(C)c1nc(C(=O)Nc2ccc(N3CCC(N(C)C)CC3)c(F)c2)cs1. The number of amides is 1. The lowest BCUT2D eigenvalue weighted by molar-refractivity contribution is 0.102. The van der Waals surface area contributed by atoms with Gasteiger partial charge in [-0.1, -0.05) is 13.8 Å². The number of halogens is 1. The number of hydrogen-bond acceptors (Lipinski definition) is 5. The normalized spacial score (nSPS) is 15.6. The van der Waals surface area contributed by atoms with E-state index in [-0.39, 0.29) is 17.6 Å². The van der Waals surface area contributed by atoms with E-state index in [0.29, 0.717) is 23.1 Å². The molecule has 27 heavy (non-hydrogen) atoms. The summed E-state index contributed by atoms with van der Waals surface area (Å²) >= 11 is 1.47. The number of carbonyl (C=O) groups excluding carboxylic acids is 1. The van der Waals surface area contributed by atoms with Crippen LogP contribution in [0.4, 0.5) is 15.8 Å². The van der Waals surface area contributed by atoms with Gasteiger partial charge >= 0.3 is 0 Å². The highest BCUT2D eigenvalue weighted by atomic mass is 32.1. The number of nitrogens with one attached hydrogen (secondary N) is 1. The fourth-order valence-electron chi connectivity index (χ4n) is 3.32. The van der Waals surface area contributed by atoms with Gasteiger partial charge in [0.2, 0.25) is 0 Å². The monoisotopic (exact) mass is 390 g/mol. The van der Waals surface area contributed by atoms with Crippen molar-refractivity contribution in [3.8, 4) is 0 Å². The average Bonchev–Trinajstić information content (AvgIpc) is 3.12. The molecule has 0 atom stereocenters. The Balaban J connectivity index is 1.65. The van der Waals surface area contributed by atoms with Gasteiger partial charge in [0.05, 0.1) is 10.7 Å². The molecule has 1 aromatic heterocycles. The van der Waals surface area contributed by atoms with Crippen LogP contribution in [0.25, 0.3) is 0 Å². The number of rotatable bonds is 5. The number of aromatic nitrogens is 1. The molecule has 0 aliphatic carbocycles. The number of anilines is 2. The molecular weight excluding hydrogens is 363 g/mol. The van der Waals surface area contributed by atoms with E-state index in [0.717, 1.165) is 30.9 Å². The Kier molecular flexibility index (Phi) is 6.11. The van der Waals surface area contributed by atoms with E-state index in [1.807, 2.05) is 13.8 Å².